The topological polar surface area (TPSA) is 61.5 Å². The normalized spacial score (nSPS) is 18.0. The first-order valence-corrected chi connectivity index (χ1v) is 11.3. The van der Waals surface area contributed by atoms with Crippen molar-refractivity contribution in [2.75, 3.05) is 39.4 Å². The number of aromatic nitrogens is 2. The quantitative estimate of drug-likeness (QED) is 0.696. The highest BCUT2D eigenvalue weighted by Crippen LogP contribution is 2.34. The summed E-state index contributed by atoms with van der Waals surface area (Å²) in [6.07, 6.45) is 7.06. The van der Waals surface area contributed by atoms with Crippen molar-refractivity contribution < 1.29 is 9.53 Å². The predicted molar refractivity (Wildman–Crippen MR) is 120 cm³/mol. The third kappa shape index (κ3) is 3.93. The molecule has 0 spiro atoms. The lowest BCUT2D eigenvalue weighted by atomic mass is 9.99. The molecule has 5 heterocycles. The number of amides is 1. The van der Waals surface area contributed by atoms with Gasteiger partial charge in [0.25, 0.3) is 0 Å². The minimum absolute atomic E-state index is 0.138. The summed E-state index contributed by atoms with van der Waals surface area (Å²) in [5.74, 6) is 0.138. The fraction of sp³-hybridized carbons (Fsp3) is 0.391. The summed E-state index contributed by atoms with van der Waals surface area (Å²) in [4.78, 5) is 26.5. The molecule has 0 atom stereocenters. The molecule has 0 unspecified atom stereocenters. The van der Waals surface area contributed by atoms with Crippen molar-refractivity contribution in [3.63, 3.8) is 0 Å². The number of fused-ring (bicyclic) bond motifs is 1. The van der Waals surface area contributed by atoms with Crippen LogP contribution in [0.25, 0.3) is 27.0 Å². The standard InChI is InChI=1S/C23H26N4O2S/c1-16(28)27-6-4-17(5-7-27)21-14-25-23-20(21)12-18(13-24-23)22-3-2-19(30-22)15-26-8-10-29-11-9-26/h2-4,12-14H,5-11,15H2,1H3,(H,24,25). The van der Waals surface area contributed by atoms with Gasteiger partial charge in [-0.2, -0.15) is 0 Å². The van der Waals surface area contributed by atoms with Crippen molar-refractivity contribution >= 4 is 33.9 Å². The molecule has 0 aliphatic carbocycles. The molecule has 1 amide bonds. The van der Waals surface area contributed by atoms with Crippen LogP contribution in [0.2, 0.25) is 0 Å². The predicted octanol–water partition coefficient (Wildman–Crippen LogP) is 3.76. The zero-order valence-electron chi connectivity index (χ0n) is 17.2. The molecule has 3 aromatic rings. The van der Waals surface area contributed by atoms with Crippen molar-refractivity contribution in [2.45, 2.75) is 19.9 Å². The second-order valence-corrected chi connectivity index (χ2v) is 9.09. The number of aromatic amines is 1. The van der Waals surface area contributed by atoms with E-state index in [1.807, 2.05) is 22.4 Å². The van der Waals surface area contributed by atoms with Gasteiger partial charge in [-0.05, 0) is 30.2 Å². The zero-order chi connectivity index (χ0) is 20.5. The second-order valence-electron chi connectivity index (χ2n) is 7.92. The summed E-state index contributed by atoms with van der Waals surface area (Å²) in [6.45, 7) is 7.74. The molecular weight excluding hydrogens is 396 g/mol. The van der Waals surface area contributed by atoms with Gasteiger partial charge in [-0.1, -0.05) is 6.08 Å². The summed E-state index contributed by atoms with van der Waals surface area (Å²) in [6, 6.07) is 6.69. The van der Waals surface area contributed by atoms with Crippen LogP contribution in [0.15, 0.2) is 36.7 Å². The number of H-pyrrole nitrogens is 1. The minimum Gasteiger partial charge on any atom is -0.379 e. The molecule has 0 bridgehead atoms. The van der Waals surface area contributed by atoms with Gasteiger partial charge in [0.15, 0.2) is 0 Å². The molecule has 5 rings (SSSR count). The molecule has 2 aliphatic rings. The van der Waals surface area contributed by atoms with E-state index in [0.717, 1.165) is 62.4 Å². The molecule has 1 N–H and O–H groups in total. The molecule has 7 heteroatoms. The van der Waals surface area contributed by atoms with Crippen LogP contribution >= 0.6 is 11.3 Å². The Morgan fingerprint density at radius 1 is 1.27 bits per heavy atom. The summed E-state index contributed by atoms with van der Waals surface area (Å²) in [5, 5.41) is 1.15. The second kappa shape index (κ2) is 8.34. The molecule has 1 saturated heterocycles. The van der Waals surface area contributed by atoms with Gasteiger partial charge in [0.05, 0.1) is 13.2 Å². The number of nitrogens with one attached hydrogen (secondary N) is 1. The summed E-state index contributed by atoms with van der Waals surface area (Å²) >= 11 is 1.84. The minimum atomic E-state index is 0.138. The zero-order valence-corrected chi connectivity index (χ0v) is 18.0. The van der Waals surface area contributed by atoms with Crippen molar-refractivity contribution in [1.29, 1.82) is 0 Å². The fourth-order valence-corrected chi connectivity index (χ4v) is 5.23. The van der Waals surface area contributed by atoms with Gasteiger partial charge in [-0.3, -0.25) is 9.69 Å². The molecule has 1 fully saturated rings. The molecular formula is C23H26N4O2S. The van der Waals surface area contributed by atoms with E-state index in [9.17, 15) is 4.79 Å². The van der Waals surface area contributed by atoms with Gasteiger partial charge in [0.2, 0.25) is 5.91 Å². The maximum atomic E-state index is 11.6. The van der Waals surface area contributed by atoms with Crippen LogP contribution in [-0.2, 0) is 16.1 Å². The summed E-state index contributed by atoms with van der Waals surface area (Å²) in [5.41, 5.74) is 4.56. The van der Waals surface area contributed by atoms with Crippen LogP contribution < -0.4 is 0 Å². The molecule has 156 valence electrons. The van der Waals surface area contributed by atoms with Crippen LogP contribution in [0.4, 0.5) is 0 Å². The maximum Gasteiger partial charge on any atom is 0.219 e. The number of nitrogens with zero attached hydrogens (tertiary/aromatic N) is 3. The lowest BCUT2D eigenvalue weighted by Crippen LogP contribution is -2.35. The van der Waals surface area contributed by atoms with Crippen LogP contribution in [0.5, 0.6) is 0 Å². The summed E-state index contributed by atoms with van der Waals surface area (Å²) in [7, 11) is 0. The number of carbonyl (C=O) groups is 1. The van der Waals surface area contributed by atoms with Crippen LogP contribution in [-0.4, -0.2) is 65.1 Å². The Kier molecular flexibility index (Phi) is 5.41. The Labute approximate surface area is 180 Å². The fourth-order valence-electron chi connectivity index (χ4n) is 4.20. The van der Waals surface area contributed by atoms with Crippen molar-refractivity contribution in [2.24, 2.45) is 0 Å². The number of carbonyl (C=O) groups excluding carboxylic acids is 1. The average molecular weight is 423 g/mol. The third-order valence-electron chi connectivity index (χ3n) is 5.96. The van der Waals surface area contributed by atoms with E-state index in [2.05, 4.69) is 45.3 Å². The Hall–Kier alpha value is -2.48. The van der Waals surface area contributed by atoms with Crippen LogP contribution in [0, 0.1) is 0 Å². The monoisotopic (exact) mass is 422 g/mol. The molecule has 0 radical (unpaired) electrons. The summed E-state index contributed by atoms with van der Waals surface area (Å²) < 4.78 is 5.45. The number of hydrogen-bond donors (Lipinski definition) is 1. The molecule has 3 aromatic heterocycles. The van der Waals surface area contributed by atoms with E-state index in [1.165, 1.54) is 20.9 Å². The molecule has 2 aliphatic heterocycles. The highest BCUT2D eigenvalue weighted by molar-refractivity contribution is 7.15. The molecule has 0 aromatic carbocycles. The van der Waals surface area contributed by atoms with Crippen LogP contribution in [0.3, 0.4) is 0 Å². The first-order valence-electron chi connectivity index (χ1n) is 10.5. The smallest absolute Gasteiger partial charge is 0.219 e. The Bertz CT molecular complexity index is 1090. The lowest BCUT2D eigenvalue weighted by molar-refractivity contribution is -0.128. The van der Waals surface area contributed by atoms with E-state index >= 15 is 0 Å². The van der Waals surface area contributed by atoms with Gasteiger partial charge in [-0.25, -0.2) is 4.98 Å². The number of rotatable bonds is 4. The first-order chi connectivity index (χ1) is 14.7. The number of hydrogen-bond acceptors (Lipinski definition) is 5. The van der Waals surface area contributed by atoms with Gasteiger partial charge in [0, 0.05) is 78.3 Å². The maximum absolute atomic E-state index is 11.6. The average Bonchev–Trinajstić information content (AvgIpc) is 3.41. The van der Waals surface area contributed by atoms with Gasteiger partial charge in [-0.15, -0.1) is 11.3 Å². The van der Waals surface area contributed by atoms with Crippen molar-refractivity contribution in [1.82, 2.24) is 19.8 Å². The highest BCUT2D eigenvalue weighted by atomic mass is 32.1. The molecule has 6 nitrogen and oxygen atoms in total. The number of pyridine rings is 1. The number of thiophene rings is 1. The van der Waals surface area contributed by atoms with E-state index < -0.39 is 0 Å². The van der Waals surface area contributed by atoms with Gasteiger partial charge in [0.1, 0.15) is 5.65 Å². The Morgan fingerprint density at radius 2 is 2.13 bits per heavy atom. The Morgan fingerprint density at radius 3 is 2.90 bits per heavy atom. The largest absolute Gasteiger partial charge is 0.379 e. The van der Waals surface area contributed by atoms with Gasteiger partial charge < -0.3 is 14.6 Å². The lowest BCUT2D eigenvalue weighted by Gasteiger charge is -2.25. The number of morpholine rings is 1. The number of ether oxygens (including phenoxy) is 1. The molecule has 30 heavy (non-hydrogen) atoms. The van der Waals surface area contributed by atoms with E-state index in [0.29, 0.717) is 6.54 Å². The first kappa shape index (κ1) is 19.5. The van der Waals surface area contributed by atoms with E-state index in [4.69, 9.17) is 4.74 Å². The van der Waals surface area contributed by atoms with E-state index in [-0.39, 0.29) is 5.91 Å². The third-order valence-corrected chi connectivity index (χ3v) is 7.08. The van der Waals surface area contributed by atoms with Crippen molar-refractivity contribution in [3.05, 3.63) is 47.1 Å². The SMILES string of the molecule is CC(=O)N1CC=C(c2c[nH]c3ncc(-c4ccc(CN5CCOCC5)s4)cc23)CC1. The van der Waals surface area contributed by atoms with Crippen molar-refractivity contribution in [3.8, 4) is 10.4 Å². The van der Waals surface area contributed by atoms with Gasteiger partial charge >= 0.3 is 0 Å². The van der Waals surface area contributed by atoms with Crippen LogP contribution in [0.1, 0.15) is 23.8 Å². The van der Waals surface area contributed by atoms with E-state index in [1.54, 1.807) is 6.92 Å². The molecule has 0 saturated carbocycles. The Balaban J connectivity index is 1.39. The highest BCUT2D eigenvalue weighted by Gasteiger charge is 2.18.